The quantitative estimate of drug-likeness (QED) is 0.0817. The number of aliphatic imine (C=N–C) groups is 1. The predicted octanol–water partition coefficient (Wildman–Crippen LogP) is 15.7. The van der Waals surface area contributed by atoms with Gasteiger partial charge in [0.15, 0.2) is 5.43 Å². The van der Waals surface area contributed by atoms with Gasteiger partial charge in [0.2, 0.25) is 0 Å². The van der Waals surface area contributed by atoms with Gasteiger partial charge in [-0.25, -0.2) is 0 Å². The smallest absolute Gasteiger partial charge is 0.180 e. The molecule has 0 saturated carbocycles. The van der Waals surface area contributed by atoms with E-state index < -0.39 is 0 Å². The lowest BCUT2D eigenvalue weighted by molar-refractivity contribution is 0.415. The normalized spacial score (nSPS) is 14.9. The molecule has 9 N–H and O–H groups in total. The van der Waals surface area contributed by atoms with E-state index in [1.165, 1.54) is 93.5 Å². The average molecular weight is 1180 g/mol. The monoisotopic (exact) mass is 1180 g/mol. The summed E-state index contributed by atoms with van der Waals surface area (Å²) in [4.78, 5) is 47.8. The lowest BCUT2D eigenvalue weighted by Crippen LogP contribution is -2.27. The molecule has 12 heterocycles. The Balaban J connectivity index is 0.0000000983. The first kappa shape index (κ1) is 57.8. The summed E-state index contributed by atoms with van der Waals surface area (Å²) in [5, 5.41) is 18.2. The van der Waals surface area contributed by atoms with E-state index in [9.17, 15) is 4.79 Å². The van der Waals surface area contributed by atoms with Crippen molar-refractivity contribution in [2.24, 2.45) is 4.99 Å². The van der Waals surface area contributed by atoms with Crippen molar-refractivity contribution in [2.75, 3.05) is 33.9 Å². The van der Waals surface area contributed by atoms with Crippen molar-refractivity contribution in [1.29, 1.82) is 0 Å². The maximum atomic E-state index is 11.2. The molecule has 9 aromatic heterocycles. The number of H-pyrrole nitrogens is 7. The van der Waals surface area contributed by atoms with Gasteiger partial charge in [-0.3, -0.25) is 19.8 Å². The second-order valence-electron chi connectivity index (χ2n) is 23.2. The molecule has 15 aromatic rings. The summed E-state index contributed by atoms with van der Waals surface area (Å²) in [6.07, 6.45) is 8.93. The first-order valence-electron chi connectivity index (χ1n) is 30.6. The van der Waals surface area contributed by atoms with Crippen LogP contribution in [0.4, 0.5) is 0 Å². The largest absolute Gasteiger partial charge is 0.497 e. The van der Waals surface area contributed by atoms with Gasteiger partial charge in [0.1, 0.15) is 11.5 Å². The molecule has 89 heavy (non-hydrogen) atoms. The third kappa shape index (κ3) is 11.4. The van der Waals surface area contributed by atoms with Gasteiger partial charge in [0.25, 0.3) is 0 Å². The second-order valence-corrected chi connectivity index (χ2v) is 23.2. The Labute approximate surface area is 514 Å². The van der Waals surface area contributed by atoms with Gasteiger partial charge in [-0.15, -0.1) is 0 Å². The molecule has 448 valence electrons. The van der Waals surface area contributed by atoms with E-state index in [1.54, 1.807) is 26.4 Å². The number of fused-ring (bicyclic) bond motifs is 18. The molecule has 15 heteroatoms. The van der Waals surface area contributed by atoms with Gasteiger partial charge in [-0.05, 0) is 163 Å². The minimum absolute atomic E-state index is 0.0377. The first-order chi connectivity index (χ1) is 43.4. The molecule has 3 aliphatic heterocycles. The van der Waals surface area contributed by atoms with Crippen molar-refractivity contribution in [2.45, 2.75) is 72.9 Å². The number of methoxy groups -OCH3 is 2. The van der Waals surface area contributed by atoms with Crippen LogP contribution < -0.4 is 25.5 Å². The van der Waals surface area contributed by atoms with Crippen molar-refractivity contribution < 1.29 is 9.47 Å². The van der Waals surface area contributed by atoms with E-state index in [2.05, 4.69) is 172 Å². The molecular weight excluding hydrogens is 1100 g/mol. The minimum Gasteiger partial charge on any atom is -0.497 e. The van der Waals surface area contributed by atoms with Crippen molar-refractivity contribution in [3.05, 3.63) is 225 Å². The van der Waals surface area contributed by atoms with E-state index in [0.717, 1.165) is 112 Å². The van der Waals surface area contributed by atoms with Gasteiger partial charge in [0.05, 0.1) is 64.6 Å². The van der Waals surface area contributed by atoms with Crippen LogP contribution in [0.5, 0.6) is 11.5 Å². The molecule has 0 bridgehead atoms. The fraction of sp³-hybridized carbons (Fsp3) is 0.216. The number of aromatic amines is 7. The van der Waals surface area contributed by atoms with E-state index in [1.807, 2.05) is 81.8 Å². The van der Waals surface area contributed by atoms with Crippen molar-refractivity contribution in [3.63, 3.8) is 0 Å². The Morgan fingerprint density at radius 3 is 1.52 bits per heavy atom. The van der Waals surface area contributed by atoms with Crippen molar-refractivity contribution >= 4 is 104 Å². The number of aromatic nitrogens is 9. The van der Waals surface area contributed by atoms with Crippen LogP contribution in [0.1, 0.15) is 83.7 Å². The summed E-state index contributed by atoms with van der Waals surface area (Å²) in [6, 6.07) is 49.8. The average Bonchev–Trinajstić information content (AvgIpc) is 2.19. The number of aryl methyl sites for hydroxylation is 3. The number of para-hydroxylation sites is 3. The maximum Gasteiger partial charge on any atom is 0.180 e. The molecule has 0 aliphatic carbocycles. The number of nitrogens with one attached hydrogen (secondary N) is 9. The molecule has 0 spiro atoms. The Hall–Kier alpha value is -10.2. The Morgan fingerprint density at radius 1 is 0.438 bits per heavy atom. The molecule has 0 radical (unpaired) electrons. The number of rotatable bonds is 2. The van der Waals surface area contributed by atoms with Crippen LogP contribution in [-0.4, -0.2) is 84.4 Å². The highest BCUT2D eigenvalue weighted by Gasteiger charge is 2.22. The summed E-state index contributed by atoms with van der Waals surface area (Å²) < 4.78 is 10.5. The van der Waals surface area contributed by atoms with Gasteiger partial charge in [-0.2, -0.15) is 0 Å². The van der Waals surface area contributed by atoms with E-state index >= 15 is 0 Å². The van der Waals surface area contributed by atoms with E-state index in [-0.39, 0.29) is 5.43 Å². The zero-order valence-electron chi connectivity index (χ0n) is 51.6. The molecule has 0 fully saturated rings. The topological polar surface area (TPSA) is 208 Å². The Bertz CT molecular complexity index is 5160. The maximum absolute atomic E-state index is 11.2. The Kier molecular flexibility index (Phi) is 16.2. The number of pyridine rings is 3. The summed E-state index contributed by atoms with van der Waals surface area (Å²) >= 11 is 0. The van der Waals surface area contributed by atoms with Crippen LogP contribution in [0.3, 0.4) is 0 Å². The fourth-order valence-corrected chi connectivity index (χ4v) is 13.1. The summed E-state index contributed by atoms with van der Waals surface area (Å²) in [6.45, 7) is 15.6. The SMILES string of the molecule is CC1=NCCc2c1[nH]c1ccccc21.CC1NCCc2c1[nH]c1ccccc21.COc1ccc2c(c1)[nH]c1c(C)nccc12.COc1ccc2c3c([nH]c2c1)C(C)NCC3.Cc1[nH]ccc2c1[nH]c1cc(=O)ccc12.Cc1nccc2c1[nH]c1ccccc12. The molecular formula is C74H74N12O3. The molecule has 15 nitrogen and oxygen atoms in total. The second kappa shape index (κ2) is 24.9. The van der Waals surface area contributed by atoms with Gasteiger partial charge >= 0.3 is 0 Å². The van der Waals surface area contributed by atoms with Gasteiger partial charge < -0.3 is 55.0 Å². The van der Waals surface area contributed by atoms with Crippen LogP contribution >= 0.6 is 0 Å². The molecule has 3 aliphatic rings. The zero-order valence-corrected chi connectivity index (χ0v) is 51.6. The summed E-state index contributed by atoms with van der Waals surface area (Å²) in [5.41, 5.74) is 22.8. The van der Waals surface area contributed by atoms with Crippen LogP contribution in [0.15, 0.2) is 174 Å². The van der Waals surface area contributed by atoms with Gasteiger partial charge in [-0.1, -0.05) is 54.6 Å². The molecule has 6 aromatic carbocycles. The molecule has 18 rings (SSSR count). The molecule has 2 unspecified atom stereocenters. The highest BCUT2D eigenvalue weighted by molar-refractivity contribution is 6.10. The molecule has 0 saturated heterocycles. The minimum atomic E-state index is 0.0377. The van der Waals surface area contributed by atoms with Crippen molar-refractivity contribution in [3.8, 4) is 11.5 Å². The predicted molar refractivity (Wildman–Crippen MR) is 367 cm³/mol. The van der Waals surface area contributed by atoms with Crippen LogP contribution in [-0.2, 0) is 19.3 Å². The number of hydrogen-bond donors (Lipinski definition) is 9. The lowest BCUT2D eigenvalue weighted by atomic mass is 10.0. The number of benzene rings is 6. The van der Waals surface area contributed by atoms with Crippen LogP contribution in [0.25, 0.3) is 98.1 Å². The number of hydrogen-bond acceptors (Lipinski definition) is 8. The van der Waals surface area contributed by atoms with E-state index in [0.29, 0.717) is 12.1 Å². The number of nitrogens with zero attached hydrogens (tertiary/aromatic N) is 3. The highest BCUT2D eigenvalue weighted by atomic mass is 16.5. The lowest BCUT2D eigenvalue weighted by Gasteiger charge is -2.20. The van der Waals surface area contributed by atoms with Crippen molar-refractivity contribution in [1.82, 2.24) is 55.5 Å². The summed E-state index contributed by atoms with van der Waals surface area (Å²) in [7, 11) is 3.38. The standard InChI is InChI=1S/C13H16N2O.C13H12N2O.C12H10N2O.C12H14N2.C12H12N2.C12H10N2/c2*1-8-13-11(5-6-14-8)10-4-3-9(16-2)7-12(10)15-13;1-7-12-10(4-5-13-7)9-3-2-8(15)6-11(9)14-12;3*1-8-12-10(6-7-13-8)9-4-2-3-5-11(9)14-12/h3-4,7-8,14-15H,5-6H2,1-2H3;3-7,15H,1-2H3;2-6,13-14H,1H3;2-5,8,13-14H,6-7H2,1H3;2-5,14H,6-7H2,1H3;2-7,14H,1H3. The fourth-order valence-electron chi connectivity index (χ4n) is 13.1. The highest BCUT2D eigenvalue weighted by Crippen LogP contribution is 2.34. The molecule has 0 amide bonds. The zero-order chi connectivity index (χ0) is 61.3. The third-order valence-corrected chi connectivity index (χ3v) is 17.7. The summed E-state index contributed by atoms with van der Waals surface area (Å²) in [5.74, 6) is 1.77. The van der Waals surface area contributed by atoms with E-state index in [4.69, 9.17) is 9.47 Å². The first-order valence-corrected chi connectivity index (χ1v) is 30.6. The third-order valence-electron chi connectivity index (χ3n) is 17.7. The van der Waals surface area contributed by atoms with Crippen LogP contribution in [0, 0.1) is 20.8 Å². The Morgan fingerprint density at radius 2 is 0.899 bits per heavy atom. The number of ether oxygens (including phenoxy) is 2. The van der Waals surface area contributed by atoms with Gasteiger partial charge in [0, 0.05) is 143 Å². The van der Waals surface area contributed by atoms with Crippen LogP contribution in [0.2, 0.25) is 0 Å². The molecule has 2 atom stereocenters.